The van der Waals surface area contributed by atoms with Crippen LogP contribution in [0.1, 0.15) is 17.7 Å². The quantitative estimate of drug-likeness (QED) is 0.911. The summed E-state index contributed by atoms with van der Waals surface area (Å²) in [5.41, 5.74) is 5.78. The highest BCUT2D eigenvalue weighted by Crippen LogP contribution is 2.33. The van der Waals surface area contributed by atoms with Crippen LogP contribution in [0.3, 0.4) is 0 Å². The van der Waals surface area contributed by atoms with E-state index in [1.54, 1.807) is 0 Å². The maximum Gasteiger partial charge on any atom is 0.281 e. The molecule has 2 N–H and O–H groups in total. The minimum Gasteiger partial charge on any atom is -0.326 e. The van der Waals surface area contributed by atoms with E-state index in [1.807, 2.05) is 0 Å². The van der Waals surface area contributed by atoms with Crippen molar-refractivity contribution in [2.75, 3.05) is 0 Å². The third-order valence-corrected chi connectivity index (χ3v) is 3.73. The molecule has 13 heavy (non-hydrogen) atoms. The molecule has 0 aliphatic carbocycles. The summed E-state index contributed by atoms with van der Waals surface area (Å²) in [6.45, 7) is 0.260. The van der Waals surface area contributed by atoms with Gasteiger partial charge in [-0.3, -0.25) is 4.98 Å². The summed E-state index contributed by atoms with van der Waals surface area (Å²) in [5, 5.41) is 0. The Morgan fingerprint density at radius 3 is 2.46 bits per heavy atom. The van der Waals surface area contributed by atoms with Gasteiger partial charge >= 0.3 is 0 Å². The van der Waals surface area contributed by atoms with E-state index in [2.05, 4.69) is 36.8 Å². The first-order valence-corrected chi connectivity index (χ1v) is 4.97. The molecule has 0 saturated carbocycles. The average Bonchev–Trinajstić information content (AvgIpc) is 2.09. The fraction of sp³-hybridized carbons (Fsp3) is 0.286. The Bertz CT molecular complexity index is 318. The van der Waals surface area contributed by atoms with Gasteiger partial charge in [0.2, 0.25) is 0 Å². The molecule has 6 heteroatoms. The summed E-state index contributed by atoms with van der Waals surface area (Å²) in [6, 6.07) is 0. The van der Waals surface area contributed by atoms with Crippen LogP contribution < -0.4 is 5.73 Å². The summed E-state index contributed by atoms with van der Waals surface area (Å²) in [7, 11) is 0. The van der Waals surface area contributed by atoms with Crippen LogP contribution in [0.2, 0.25) is 0 Å². The second-order valence-electron chi connectivity index (χ2n) is 2.30. The summed E-state index contributed by atoms with van der Waals surface area (Å²) in [4.78, 5) is 3.60. The lowest BCUT2D eigenvalue weighted by Crippen LogP contribution is -2.02. The molecule has 2 nitrogen and oxygen atoms in total. The fourth-order valence-electron chi connectivity index (χ4n) is 0.809. The molecule has 0 amide bonds. The molecule has 1 aromatic rings. The van der Waals surface area contributed by atoms with E-state index in [1.165, 1.54) is 6.20 Å². The molecule has 72 valence electrons. The molecule has 0 atom stereocenters. The predicted molar refractivity (Wildman–Crippen MR) is 52.5 cm³/mol. The fourth-order valence-corrected chi connectivity index (χ4v) is 1.81. The van der Waals surface area contributed by atoms with Crippen molar-refractivity contribution in [2.45, 2.75) is 13.0 Å². The van der Waals surface area contributed by atoms with Crippen molar-refractivity contribution < 1.29 is 8.78 Å². The van der Waals surface area contributed by atoms with Crippen LogP contribution >= 0.6 is 31.9 Å². The van der Waals surface area contributed by atoms with Crippen LogP contribution in [0.15, 0.2) is 15.1 Å². The van der Waals surface area contributed by atoms with Gasteiger partial charge in [0.15, 0.2) is 0 Å². The summed E-state index contributed by atoms with van der Waals surface area (Å²) < 4.78 is 25.4. The molecule has 0 aliphatic heterocycles. The summed E-state index contributed by atoms with van der Waals surface area (Å²) in [5.74, 6) is 0. The van der Waals surface area contributed by atoms with Crippen molar-refractivity contribution in [3.8, 4) is 0 Å². The molecule has 0 spiro atoms. The zero-order valence-corrected chi connectivity index (χ0v) is 9.57. The van der Waals surface area contributed by atoms with E-state index in [4.69, 9.17) is 5.73 Å². The Balaban J connectivity index is 3.23. The topological polar surface area (TPSA) is 38.9 Å². The first-order valence-electron chi connectivity index (χ1n) is 3.39. The molecule has 0 unspecified atom stereocenters. The van der Waals surface area contributed by atoms with Crippen LogP contribution in [0.5, 0.6) is 0 Å². The zero-order valence-electron chi connectivity index (χ0n) is 6.40. The van der Waals surface area contributed by atoms with Crippen molar-refractivity contribution in [3.05, 3.63) is 26.4 Å². The maximum atomic E-state index is 12.3. The van der Waals surface area contributed by atoms with Crippen LogP contribution in [-0.4, -0.2) is 4.98 Å². The third kappa shape index (κ3) is 2.24. The maximum absolute atomic E-state index is 12.3. The van der Waals surface area contributed by atoms with Crippen molar-refractivity contribution >= 4 is 31.9 Å². The number of hydrogen-bond acceptors (Lipinski definition) is 2. The van der Waals surface area contributed by atoms with Crippen LogP contribution in [0, 0.1) is 0 Å². The van der Waals surface area contributed by atoms with E-state index < -0.39 is 6.43 Å². The van der Waals surface area contributed by atoms with E-state index in [0.29, 0.717) is 10.0 Å². The highest BCUT2D eigenvalue weighted by Gasteiger charge is 2.17. The van der Waals surface area contributed by atoms with Crippen LogP contribution in [0.25, 0.3) is 0 Å². The van der Waals surface area contributed by atoms with Crippen molar-refractivity contribution in [1.29, 1.82) is 0 Å². The largest absolute Gasteiger partial charge is 0.326 e. The Kier molecular flexibility index (Phi) is 3.75. The molecule has 0 bridgehead atoms. The Morgan fingerprint density at radius 1 is 1.38 bits per heavy atom. The van der Waals surface area contributed by atoms with Gasteiger partial charge < -0.3 is 5.73 Å². The van der Waals surface area contributed by atoms with Crippen LogP contribution in [0.4, 0.5) is 8.78 Å². The number of hydrogen-bond donors (Lipinski definition) is 1. The van der Waals surface area contributed by atoms with Gasteiger partial charge in [-0.2, -0.15) is 0 Å². The van der Waals surface area contributed by atoms with Gasteiger partial charge in [0, 0.05) is 17.2 Å². The van der Waals surface area contributed by atoms with Crippen LogP contribution in [-0.2, 0) is 6.54 Å². The number of rotatable bonds is 2. The van der Waals surface area contributed by atoms with Crippen molar-refractivity contribution in [1.82, 2.24) is 4.98 Å². The second-order valence-corrected chi connectivity index (χ2v) is 3.89. The van der Waals surface area contributed by atoms with E-state index >= 15 is 0 Å². The second kappa shape index (κ2) is 4.43. The Hall–Kier alpha value is -0.0700. The van der Waals surface area contributed by atoms with Gasteiger partial charge in [-0.1, -0.05) is 0 Å². The molecular weight excluding hydrogens is 310 g/mol. The SMILES string of the molecule is NCc1cnc(C(F)F)c(Br)c1Br. The molecule has 0 aliphatic rings. The minimum absolute atomic E-state index is 0.260. The molecule has 0 aromatic carbocycles. The number of aromatic nitrogens is 1. The van der Waals surface area contributed by atoms with Gasteiger partial charge in [0.1, 0.15) is 5.69 Å². The molecule has 0 radical (unpaired) electrons. The Morgan fingerprint density at radius 2 is 2.00 bits per heavy atom. The van der Waals surface area contributed by atoms with Gasteiger partial charge in [-0.15, -0.1) is 0 Å². The van der Waals surface area contributed by atoms with E-state index in [9.17, 15) is 8.78 Å². The first-order chi connectivity index (χ1) is 6.07. The molecule has 1 aromatic heterocycles. The lowest BCUT2D eigenvalue weighted by molar-refractivity contribution is 0.145. The van der Waals surface area contributed by atoms with Gasteiger partial charge in [-0.25, -0.2) is 8.78 Å². The molecular formula is C7H6Br2F2N2. The predicted octanol–water partition coefficient (Wildman–Crippen LogP) is 3.00. The Labute approximate surface area is 90.8 Å². The number of halogens is 4. The van der Waals surface area contributed by atoms with E-state index in [-0.39, 0.29) is 16.7 Å². The molecule has 1 rings (SSSR count). The van der Waals surface area contributed by atoms with Gasteiger partial charge in [0.25, 0.3) is 6.43 Å². The minimum atomic E-state index is -2.59. The highest BCUT2D eigenvalue weighted by molar-refractivity contribution is 9.13. The summed E-state index contributed by atoms with van der Waals surface area (Å²) in [6.07, 6.45) is -1.24. The summed E-state index contributed by atoms with van der Waals surface area (Å²) >= 11 is 6.19. The number of nitrogens with two attached hydrogens (primary N) is 1. The third-order valence-electron chi connectivity index (χ3n) is 1.49. The highest BCUT2D eigenvalue weighted by atomic mass is 79.9. The smallest absolute Gasteiger partial charge is 0.281 e. The average molecular weight is 316 g/mol. The first kappa shape index (κ1) is 11.0. The standard InChI is InChI=1S/C7H6Br2F2N2/c8-4-3(1-12)2-13-6(5(4)9)7(10)11/h2,7H,1,12H2. The zero-order chi connectivity index (χ0) is 10.0. The number of pyridine rings is 1. The lowest BCUT2D eigenvalue weighted by Gasteiger charge is -2.07. The van der Waals surface area contributed by atoms with Gasteiger partial charge in [0.05, 0.1) is 4.47 Å². The number of alkyl halides is 2. The van der Waals surface area contributed by atoms with Crippen molar-refractivity contribution in [3.63, 3.8) is 0 Å². The van der Waals surface area contributed by atoms with Gasteiger partial charge in [-0.05, 0) is 37.4 Å². The molecule has 0 saturated heterocycles. The van der Waals surface area contributed by atoms with Crippen molar-refractivity contribution in [2.24, 2.45) is 5.73 Å². The van der Waals surface area contributed by atoms with E-state index in [0.717, 1.165) is 0 Å². The number of nitrogens with zero attached hydrogens (tertiary/aromatic N) is 1. The molecule has 0 fully saturated rings. The lowest BCUT2D eigenvalue weighted by atomic mass is 10.2. The normalized spacial score (nSPS) is 10.9. The molecule has 1 heterocycles. The monoisotopic (exact) mass is 314 g/mol.